The number of nitrogens with one attached hydrogen (secondary N) is 1. The number of amides is 1. The topological polar surface area (TPSA) is 111 Å². The number of thioether (sulfide) groups is 1. The summed E-state index contributed by atoms with van der Waals surface area (Å²) in [6.07, 6.45) is 4.89. The van der Waals surface area contributed by atoms with E-state index in [4.69, 9.17) is 0 Å². The maximum atomic E-state index is 12.3. The zero-order valence-electron chi connectivity index (χ0n) is 18.2. The Morgan fingerprint density at radius 3 is 2.47 bits per heavy atom. The van der Waals surface area contributed by atoms with E-state index in [1.54, 1.807) is 36.7 Å². The van der Waals surface area contributed by atoms with Gasteiger partial charge in [-0.3, -0.25) is 14.3 Å². The molecule has 0 saturated heterocycles. The molecule has 0 bridgehead atoms. The number of esters is 1. The Morgan fingerprint density at radius 1 is 1.03 bits per heavy atom. The van der Waals surface area contributed by atoms with Gasteiger partial charge in [-0.2, -0.15) is 5.10 Å². The smallest absolute Gasteiger partial charge is 0.337 e. The summed E-state index contributed by atoms with van der Waals surface area (Å²) in [7, 11) is 1.33. The summed E-state index contributed by atoms with van der Waals surface area (Å²) in [5.74, 6) is 0.0506. The molecular weight excluding hydrogens is 452 g/mol. The molecule has 4 rings (SSSR count). The number of pyridine rings is 1. The molecule has 4 aromatic rings. The molecule has 0 saturated carbocycles. The molecule has 1 N–H and O–H groups in total. The van der Waals surface area contributed by atoms with Crippen LogP contribution in [0, 0.1) is 0 Å². The lowest BCUT2D eigenvalue weighted by Gasteiger charge is -2.10. The van der Waals surface area contributed by atoms with E-state index >= 15 is 0 Å². The van der Waals surface area contributed by atoms with Gasteiger partial charge >= 0.3 is 5.97 Å². The molecule has 0 atom stereocenters. The molecule has 2 aromatic carbocycles. The van der Waals surface area contributed by atoms with Crippen molar-refractivity contribution in [1.29, 1.82) is 0 Å². The lowest BCUT2D eigenvalue weighted by Crippen LogP contribution is -2.20. The van der Waals surface area contributed by atoms with E-state index in [1.807, 2.05) is 47.0 Å². The van der Waals surface area contributed by atoms with Gasteiger partial charge in [-0.1, -0.05) is 42.1 Å². The summed E-state index contributed by atoms with van der Waals surface area (Å²) < 4.78 is 6.57. The van der Waals surface area contributed by atoms with Gasteiger partial charge in [0, 0.05) is 23.6 Å². The quantitative estimate of drug-likeness (QED) is 0.181. The lowest BCUT2D eigenvalue weighted by molar-refractivity contribution is -0.118. The van der Waals surface area contributed by atoms with E-state index in [0.717, 1.165) is 16.8 Å². The van der Waals surface area contributed by atoms with Gasteiger partial charge in [0.05, 0.1) is 24.6 Å². The van der Waals surface area contributed by atoms with E-state index in [-0.39, 0.29) is 11.7 Å². The molecule has 2 aromatic heterocycles. The first-order valence-corrected chi connectivity index (χ1v) is 11.2. The molecule has 0 fully saturated rings. The Labute approximate surface area is 199 Å². The Morgan fingerprint density at radius 2 is 1.76 bits per heavy atom. The second-order valence-corrected chi connectivity index (χ2v) is 7.85. The minimum Gasteiger partial charge on any atom is -0.465 e. The standard InChI is InChI=1S/C24H20N6O3S/c1-33-23(32)19-9-7-17(8-10-19)15-26-27-21(31)16-34-24-29-28-22(18-11-13-25-14-12-18)30(24)20-5-3-2-4-6-20/h2-15H,16H2,1H3,(H,27,31)/b26-15+. The van der Waals surface area contributed by atoms with Gasteiger partial charge in [0.15, 0.2) is 11.0 Å². The molecule has 9 nitrogen and oxygen atoms in total. The molecular formula is C24H20N6O3S. The largest absolute Gasteiger partial charge is 0.465 e. The number of carbonyl (C=O) groups is 2. The van der Waals surface area contributed by atoms with Gasteiger partial charge in [0.2, 0.25) is 0 Å². The number of rotatable bonds is 8. The van der Waals surface area contributed by atoms with Crippen LogP contribution in [0.2, 0.25) is 0 Å². The highest BCUT2D eigenvalue weighted by Gasteiger charge is 2.17. The van der Waals surface area contributed by atoms with Gasteiger partial charge < -0.3 is 4.74 Å². The number of methoxy groups -OCH3 is 1. The molecule has 0 aliphatic heterocycles. The van der Waals surface area contributed by atoms with Crippen LogP contribution in [-0.4, -0.2) is 50.7 Å². The number of para-hydroxylation sites is 1. The van der Waals surface area contributed by atoms with Crippen molar-refractivity contribution in [1.82, 2.24) is 25.2 Å². The third-order valence-corrected chi connectivity index (χ3v) is 5.58. The summed E-state index contributed by atoms with van der Waals surface area (Å²) in [6, 6.07) is 20.1. The monoisotopic (exact) mass is 472 g/mol. The molecule has 34 heavy (non-hydrogen) atoms. The fourth-order valence-corrected chi connectivity index (χ4v) is 3.77. The van der Waals surface area contributed by atoms with Crippen LogP contribution in [0.1, 0.15) is 15.9 Å². The summed E-state index contributed by atoms with van der Waals surface area (Å²) >= 11 is 1.26. The van der Waals surface area contributed by atoms with Gasteiger partial charge in [0.1, 0.15) is 0 Å². The number of hydrazone groups is 1. The van der Waals surface area contributed by atoms with Crippen molar-refractivity contribution in [3.63, 3.8) is 0 Å². The van der Waals surface area contributed by atoms with Crippen molar-refractivity contribution in [3.8, 4) is 17.1 Å². The van der Waals surface area contributed by atoms with Crippen molar-refractivity contribution in [2.24, 2.45) is 5.10 Å². The summed E-state index contributed by atoms with van der Waals surface area (Å²) in [6.45, 7) is 0. The molecule has 10 heteroatoms. The van der Waals surface area contributed by atoms with Crippen LogP contribution < -0.4 is 5.43 Å². The number of hydrogen-bond acceptors (Lipinski definition) is 8. The van der Waals surface area contributed by atoms with Crippen LogP contribution in [0.25, 0.3) is 17.1 Å². The van der Waals surface area contributed by atoms with Crippen molar-refractivity contribution < 1.29 is 14.3 Å². The van der Waals surface area contributed by atoms with Crippen LogP contribution in [-0.2, 0) is 9.53 Å². The Hall–Kier alpha value is -4.31. The predicted octanol–water partition coefficient (Wildman–Crippen LogP) is 3.36. The minimum absolute atomic E-state index is 0.0972. The molecule has 170 valence electrons. The molecule has 0 unspecified atom stereocenters. The van der Waals surface area contributed by atoms with Crippen molar-refractivity contribution >= 4 is 29.9 Å². The number of hydrogen-bond donors (Lipinski definition) is 1. The number of ether oxygens (including phenoxy) is 1. The first-order chi connectivity index (χ1) is 16.7. The molecule has 0 radical (unpaired) electrons. The zero-order valence-corrected chi connectivity index (χ0v) is 19.0. The SMILES string of the molecule is COC(=O)c1ccc(/C=N/NC(=O)CSc2nnc(-c3ccncc3)n2-c2ccccc2)cc1. The van der Waals surface area contributed by atoms with E-state index in [1.165, 1.54) is 25.1 Å². The average molecular weight is 473 g/mol. The zero-order chi connectivity index (χ0) is 23.8. The second kappa shape index (κ2) is 11.0. The highest BCUT2D eigenvalue weighted by molar-refractivity contribution is 7.99. The van der Waals surface area contributed by atoms with Crippen LogP contribution in [0.5, 0.6) is 0 Å². The summed E-state index contributed by atoms with van der Waals surface area (Å²) in [5, 5.41) is 13.2. The molecule has 2 heterocycles. The van der Waals surface area contributed by atoms with E-state index in [0.29, 0.717) is 16.5 Å². The molecule has 0 aliphatic carbocycles. The average Bonchev–Trinajstić information content (AvgIpc) is 3.32. The van der Waals surface area contributed by atoms with Gasteiger partial charge in [-0.15, -0.1) is 10.2 Å². The number of benzene rings is 2. The van der Waals surface area contributed by atoms with Gasteiger partial charge in [-0.25, -0.2) is 10.2 Å². The highest BCUT2D eigenvalue weighted by atomic mass is 32.2. The summed E-state index contributed by atoms with van der Waals surface area (Å²) in [4.78, 5) is 27.9. The van der Waals surface area contributed by atoms with Crippen LogP contribution in [0.3, 0.4) is 0 Å². The molecule has 1 amide bonds. The van der Waals surface area contributed by atoms with E-state index in [9.17, 15) is 9.59 Å². The number of nitrogens with zero attached hydrogens (tertiary/aromatic N) is 5. The normalized spacial score (nSPS) is 10.9. The fraction of sp³-hybridized carbons (Fsp3) is 0.0833. The third-order valence-electron chi connectivity index (χ3n) is 4.65. The Kier molecular flexibility index (Phi) is 7.41. The Balaban J connectivity index is 1.42. The molecule has 0 aliphatic rings. The van der Waals surface area contributed by atoms with Crippen LogP contribution in [0.4, 0.5) is 0 Å². The second-order valence-electron chi connectivity index (χ2n) is 6.91. The van der Waals surface area contributed by atoms with Crippen molar-refractivity contribution in [2.75, 3.05) is 12.9 Å². The first kappa shape index (κ1) is 22.9. The fourth-order valence-electron chi connectivity index (χ4n) is 3.03. The Bertz CT molecular complexity index is 1290. The van der Waals surface area contributed by atoms with Gasteiger partial charge in [-0.05, 0) is 42.0 Å². The van der Waals surface area contributed by atoms with Crippen molar-refractivity contribution in [2.45, 2.75) is 5.16 Å². The lowest BCUT2D eigenvalue weighted by atomic mass is 10.1. The third kappa shape index (κ3) is 5.54. The number of aromatic nitrogens is 4. The molecule has 0 spiro atoms. The predicted molar refractivity (Wildman–Crippen MR) is 129 cm³/mol. The first-order valence-electron chi connectivity index (χ1n) is 10.2. The van der Waals surface area contributed by atoms with E-state index in [2.05, 4.69) is 30.4 Å². The van der Waals surface area contributed by atoms with Gasteiger partial charge in [0.25, 0.3) is 5.91 Å². The van der Waals surface area contributed by atoms with Crippen molar-refractivity contribution in [3.05, 3.63) is 90.3 Å². The highest BCUT2D eigenvalue weighted by Crippen LogP contribution is 2.27. The van der Waals surface area contributed by atoms with Crippen LogP contribution in [0.15, 0.2) is 89.4 Å². The van der Waals surface area contributed by atoms with E-state index < -0.39 is 5.97 Å². The minimum atomic E-state index is -0.413. The summed E-state index contributed by atoms with van der Waals surface area (Å²) in [5.41, 5.74) is 5.42. The number of carbonyl (C=O) groups excluding carboxylic acids is 2. The van der Waals surface area contributed by atoms with Crippen LogP contribution >= 0.6 is 11.8 Å². The maximum absolute atomic E-state index is 12.3. The maximum Gasteiger partial charge on any atom is 0.337 e.